The van der Waals surface area contributed by atoms with Gasteiger partial charge in [-0.2, -0.15) is 0 Å². The summed E-state index contributed by atoms with van der Waals surface area (Å²) in [5.74, 6) is -0.709. The van der Waals surface area contributed by atoms with Crippen molar-refractivity contribution in [1.82, 2.24) is 10.6 Å². The highest BCUT2D eigenvalue weighted by Gasteiger charge is 2.51. The number of hydrogen-bond acceptors (Lipinski definition) is 4. The molecule has 2 amide bonds. The van der Waals surface area contributed by atoms with Crippen molar-refractivity contribution in [2.75, 3.05) is 0 Å². The van der Waals surface area contributed by atoms with E-state index >= 15 is 0 Å². The SMILES string of the molecule is CCCC(CCC)(C(=O)N[C@@H](c1cccc2ccccc12)C1(O)CCCC1)C(=O)N[C@@H](c1cccc2ccccc12)C1(O)CCCC1. The molecule has 6 heteroatoms. The van der Waals surface area contributed by atoms with Crippen molar-refractivity contribution in [3.63, 3.8) is 0 Å². The lowest BCUT2D eigenvalue weighted by Gasteiger charge is -2.40. The van der Waals surface area contributed by atoms with Crippen molar-refractivity contribution in [2.24, 2.45) is 5.41 Å². The van der Waals surface area contributed by atoms with Crippen LogP contribution in [0, 0.1) is 5.41 Å². The van der Waals surface area contributed by atoms with E-state index in [1.165, 1.54) is 0 Å². The lowest BCUT2D eigenvalue weighted by atomic mass is 9.75. The molecule has 4 N–H and O–H groups in total. The molecule has 248 valence electrons. The first-order valence-corrected chi connectivity index (χ1v) is 17.8. The Bertz CT molecular complexity index is 1580. The number of carbonyl (C=O) groups excluding carboxylic acids is 2. The lowest BCUT2D eigenvalue weighted by molar-refractivity contribution is -0.148. The van der Waals surface area contributed by atoms with E-state index in [2.05, 4.69) is 10.6 Å². The summed E-state index contributed by atoms with van der Waals surface area (Å²) >= 11 is 0. The first kappa shape index (κ1) is 33.2. The number of benzene rings is 4. The van der Waals surface area contributed by atoms with E-state index < -0.39 is 28.7 Å². The highest BCUT2D eigenvalue weighted by molar-refractivity contribution is 6.05. The second-order valence-electron chi connectivity index (χ2n) is 14.2. The molecule has 0 spiro atoms. The molecule has 2 atom stereocenters. The Hall–Kier alpha value is -3.74. The topological polar surface area (TPSA) is 98.7 Å². The van der Waals surface area contributed by atoms with Gasteiger partial charge >= 0.3 is 0 Å². The molecule has 2 saturated carbocycles. The molecular formula is C41H50N2O4. The highest BCUT2D eigenvalue weighted by atomic mass is 16.3. The third kappa shape index (κ3) is 6.30. The van der Waals surface area contributed by atoms with E-state index in [1.807, 2.05) is 98.8 Å². The summed E-state index contributed by atoms with van der Waals surface area (Å²) in [6.07, 6.45) is 7.85. The maximum Gasteiger partial charge on any atom is 0.236 e. The second kappa shape index (κ2) is 13.8. The zero-order chi connectivity index (χ0) is 33.1. The molecular weight excluding hydrogens is 584 g/mol. The van der Waals surface area contributed by atoms with Crippen LogP contribution in [0.5, 0.6) is 0 Å². The van der Waals surface area contributed by atoms with Crippen molar-refractivity contribution < 1.29 is 19.8 Å². The van der Waals surface area contributed by atoms with E-state index in [9.17, 15) is 19.8 Å². The van der Waals surface area contributed by atoms with Gasteiger partial charge in [-0.25, -0.2) is 0 Å². The smallest absolute Gasteiger partial charge is 0.236 e. The van der Waals surface area contributed by atoms with E-state index in [0.29, 0.717) is 51.4 Å². The molecule has 6 rings (SSSR count). The predicted octanol–water partition coefficient (Wildman–Crippen LogP) is 8.20. The lowest BCUT2D eigenvalue weighted by Crippen LogP contribution is -2.57. The van der Waals surface area contributed by atoms with Crippen molar-refractivity contribution in [3.05, 3.63) is 96.1 Å². The standard InChI is InChI=1S/C41H50N2O4/c1-3-23-39(24-4-2,37(44)42-35(40(46)25-9-10-26-40)33-21-13-17-29-15-5-7-19-31(29)33)38(45)43-36(41(47)27-11-12-28-41)34-22-14-18-30-16-6-8-20-32(30)34/h5-8,13-22,35-36,46-47H,3-4,9-12,23-28H2,1-2H3,(H,42,44)(H,43,45)/t35-,36-/m0/s1. The van der Waals surface area contributed by atoms with Gasteiger partial charge in [0.05, 0.1) is 23.3 Å². The molecule has 47 heavy (non-hydrogen) atoms. The molecule has 0 radical (unpaired) electrons. The molecule has 0 bridgehead atoms. The Labute approximate surface area is 279 Å². The Kier molecular flexibility index (Phi) is 9.72. The van der Waals surface area contributed by atoms with Gasteiger partial charge < -0.3 is 20.8 Å². The van der Waals surface area contributed by atoms with Crippen LogP contribution in [0.1, 0.15) is 114 Å². The molecule has 0 saturated heterocycles. The quantitative estimate of drug-likeness (QED) is 0.118. The molecule has 0 heterocycles. The monoisotopic (exact) mass is 634 g/mol. The average Bonchev–Trinajstić information content (AvgIpc) is 3.74. The van der Waals surface area contributed by atoms with Gasteiger partial charge in [0.25, 0.3) is 0 Å². The largest absolute Gasteiger partial charge is 0.387 e. The molecule has 0 unspecified atom stereocenters. The van der Waals surface area contributed by atoms with Gasteiger partial charge in [0.15, 0.2) is 0 Å². The molecule has 2 aliphatic rings. The number of aliphatic hydroxyl groups is 2. The van der Waals surface area contributed by atoms with Crippen LogP contribution in [-0.2, 0) is 9.59 Å². The fourth-order valence-electron chi connectivity index (χ4n) is 8.63. The minimum atomic E-state index is -1.38. The van der Waals surface area contributed by atoms with Crippen LogP contribution in [-0.4, -0.2) is 33.2 Å². The van der Waals surface area contributed by atoms with Gasteiger partial charge in [-0.05, 0) is 71.2 Å². The van der Waals surface area contributed by atoms with E-state index in [4.69, 9.17) is 0 Å². The molecule has 4 aromatic carbocycles. The van der Waals surface area contributed by atoms with Crippen LogP contribution in [0.25, 0.3) is 21.5 Å². The summed E-state index contributed by atoms with van der Waals surface area (Å²) in [5, 5.41) is 34.9. The zero-order valence-electron chi connectivity index (χ0n) is 27.9. The van der Waals surface area contributed by atoms with Gasteiger partial charge in [0.2, 0.25) is 11.8 Å². The first-order chi connectivity index (χ1) is 22.7. The number of amides is 2. The summed E-state index contributed by atoms with van der Waals surface area (Å²) in [4.78, 5) is 29.8. The molecule has 0 aliphatic heterocycles. The van der Waals surface area contributed by atoms with Crippen molar-refractivity contribution in [2.45, 2.75) is 114 Å². The fourth-order valence-corrected chi connectivity index (χ4v) is 8.63. The van der Waals surface area contributed by atoms with Crippen LogP contribution < -0.4 is 10.6 Å². The van der Waals surface area contributed by atoms with E-state index in [0.717, 1.165) is 58.4 Å². The van der Waals surface area contributed by atoms with Gasteiger partial charge in [0, 0.05) is 0 Å². The molecule has 2 fully saturated rings. The zero-order valence-corrected chi connectivity index (χ0v) is 27.9. The maximum atomic E-state index is 14.9. The van der Waals surface area contributed by atoms with Gasteiger partial charge in [0.1, 0.15) is 5.41 Å². The third-order valence-corrected chi connectivity index (χ3v) is 11.1. The highest BCUT2D eigenvalue weighted by Crippen LogP contribution is 2.45. The minimum Gasteiger partial charge on any atom is -0.387 e. The molecule has 0 aromatic heterocycles. The Morgan fingerprint density at radius 1 is 0.617 bits per heavy atom. The second-order valence-corrected chi connectivity index (χ2v) is 14.2. The summed E-state index contributed by atoms with van der Waals surface area (Å²) < 4.78 is 0. The number of nitrogens with one attached hydrogen (secondary N) is 2. The van der Waals surface area contributed by atoms with Crippen molar-refractivity contribution in [1.29, 1.82) is 0 Å². The Morgan fingerprint density at radius 3 is 1.36 bits per heavy atom. The van der Waals surface area contributed by atoms with Gasteiger partial charge in [-0.15, -0.1) is 0 Å². The number of carbonyl (C=O) groups is 2. The van der Waals surface area contributed by atoms with Crippen LogP contribution in [0.4, 0.5) is 0 Å². The van der Waals surface area contributed by atoms with Gasteiger partial charge in [-0.1, -0.05) is 137 Å². The molecule has 4 aromatic rings. The Balaban J connectivity index is 1.41. The number of hydrogen-bond donors (Lipinski definition) is 4. The van der Waals surface area contributed by atoms with Crippen LogP contribution >= 0.6 is 0 Å². The minimum absolute atomic E-state index is 0.355. The van der Waals surface area contributed by atoms with Crippen molar-refractivity contribution >= 4 is 33.4 Å². The summed E-state index contributed by atoms with van der Waals surface area (Å²) in [5.41, 5.74) is -1.87. The normalized spacial score (nSPS) is 18.6. The average molecular weight is 635 g/mol. The van der Waals surface area contributed by atoms with Crippen LogP contribution in [0.3, 0.4) is 0 Å². The third-order valence-electron chi connectivity index (χ3n) is 11.1. The van der Waals surface area contributed by atoms with Crippen LogP contribution in [0.15, 0.2) is 84.9 Å². The Morgan fingerprint density at radius 2 is 0.979 bits per heavy atom. The van der Waals surface area contributed by atoms with E-state index in [1.54, 1.807) is 0 Å². The molecule has 2 aliphatic carbocycles. The predicted molar refractivity (Wildman–Crippen MR) is 189 cm³/mol. The summed E-state index contributed by atoms with van der Waals surface area (Å²) in [7, 11) is 0. The molecule has 6 nitrogen and oxygen atoms in total. The first-order valence-electron chi connectivity index (χ1n) is 17.8. The van der Waals surface area contributed by atoms with Gasteiger partial charge in [-0.3, -0.25) is 9.59 Å². The maximum absolute atomic E-state index is 14.9. The van der Waals surface area contributed by atoms with Crippen LogP contribution in [0.2, 0.25) is 0 Å². The van der Waals surface area contributed by atoms with Crippen molar-refractivity contribution in [3.8, 4) is 0 Å². The summed E-state index contributed by atoms with van der Waals surface area (Å²) in [6.45, 7) is 4.01. The fraction of sp³-hybridized carbons (Fsp3) is 0.463. The number of fused-ring (bicyclic) bond motifs is 2. The van der Waals surface area contributed by atoms with E-state index in [-0.39, 0.29) is 11.8 Å². The number of rotatable bonds is 12. The summed E-state index contributed by atoms with van der Waals surface area (Å²) in [6, 6.07) is 26.8.